The van der Waals surface area contributed by atoms with Crippen LogP contribution in [0.1, 0.15) is 24.2 Å². The van der Waals surface area contributed by atoms with Crippen LogP contribution >= 0.6 is 0 Å². The van der Waals surface area contributed by atoms with Gasteiger partial charge >= 0.3 is 0 Å². The molecule has 0 saturated heterocycles. The summed E-state index contributed by atoms with van der Waals surface area (Å²) in [6.45, 7) is 4.44. The summed E-state index contributed by atoms with van der Waals surface area (Å²) < 4.78 is 38.5. The predicted octanol–water partition coefficient (Wildman–Crippen LogP) is 2.39. The second-order valence-corrected chi connectivity index (χ2v) is 7.95. The summed E-state index contributed by atoms with van der Waals surface area (Å²) in [7, 11) is -1.01. The van der Waals surface area contributed by atoms with Crippen molar-refractivity contribution >= 4 is 21.6 Å². The van der Waals surface area contributed by atoms with Crippen LogP contribution in [0.5, 0.6) is 5.75 Å². The molecular weight excluding hydrogens is 382 g/mol. The van der Waals surface area contributed by atoms with E-state index < -0.39 is 10.0 Å². The van der Waals surface area contributed by atoms with Gasteiger partial charge in [-0.15, -0.1) is 0 Å². The van der Waals surface area contributed by atoms with Gasteiger partial charge in [-0.1, -0.05) is 12.1 Å². The van der Waals surface area contributed by atoms with Crippen molar-refractivity contribution in [3.05, 3.63) is 48.3 Å². The van der Waals surface area contributed by atoms with Crippen LogP contribution in [0.2, 0.25) is 0 Å². The van der Waals surface area contributed by atoms with Gasteiger partial charge in [0.2, 0.25) is 0 Å². The first-order valence-electron chi connectivity index (χ1n) is 8.71. The van der Waals surface area contributed by atoms with Crippen molar-refractivity contribution in [1.29, 1.82) is 0 Å². The fourth-order valence-electron chi connectivity index (χ4n) is 2.61. The molecule has 0 fully saturated rings. The molecule has 1 N–H and O–H groups in total. The van der Waals surface area contributed by atoms with Gasteiger partial charge < -0.3 is 14.4 Å². The minimum atomic E-state index is -4.02. The highest BCUT2D eigenvalue weighted by molar-refractivity contribution is 7.92. The van der Waals surface area contributed by atoms with Crippen molar-refractivity contribution in [1.82, 2.24) is 9.88 Å². The van der Waals surface area contributed by atoms with Gasteiger partial charge in [0.1, 0.15) is 10.6 Å². The van der Waals surface area contributed by atoms with Gasteiger partial charge in [0.15, 0.2) is 0 Å². The molecule has 8 nitrogen and oxygen atoms in total. The standard InChI is InChI=1S/C19H25N3O5S/c1-14(2)22(9-10-26-3)19(23)17-7-5-6-8-18(17)28(24,25)21-15-11-16(27-4)13-20-12-15/h5-8,11-14,21H,9-10H2,1-4H3. The molecule has 28 heavy (non-hydrogen) atoms. The summed E-state index contributed by atoms with van der Waals surface area (Å²) >= 11 is 0. The largest absolute Gasteiger partial charge is 0.495 e. The fourth-order valence-corrected chi connectivity index (χ4v) is 3.85. The fraction of sp³-hybridized carbons (Fsp3) is 0.368. The Morgan fingerprint density at radius 1 is 1.21 bits per heavy atom. The zero-order valence-corrected chi connectivity index (χ0v) is 17.2. The summed E-state index contributed by atoms with van der Waals surface area (Å²) in [6, 6.07) is 7.50. The molecular formula is C19H25N3O5S. The number of carbonyl (C=O) groups is 1. The number of benzene rings is 1. The average molecular weight is 407 g/mol. The zero-order valence-electron chi connectivity index (χ0n) is 16.4. The van der Waals surface area contributed by atoms with Crippen LogP contribution in [-0.4, -0.2) is 57.6 Å². The Bertz CT molecular complexity index is 915. The van der Waals surface area contributed by atoms with Crippen molar-refractivity contribution in [3.63, 3.8) is 0 Å². The number of methoxy groups -OCH3 is 2. The van der Waals surface area contributed by atoms with E-state index in [0.717, 1.165) is 0 Å². The number of hydrogen-bond donors (Lipinski definition) is 1. The van der Waals surface area contributed by atoms with Crippen molar-refractivity contribution in [2.45, 2.75) is 24.8 Å². The minimum absolute atomic E-state index is 0.0932. The first-order valence-corrected chi connectivity index (χ1v) is 10.2. The van der Waals surface area contributed by atoms with E-state index in [1.54, 1.807) is 24.1 Å². The molecule has 0 radical (unpaired) electrons. The van der Waals surface area contributed by atoms with Crippen LogP contribution in [0.3, 0.4) is 0 Å². The van der Waals surface area contributed by atoms with E-state index in [4.69, 9.17) is 9.47 Å². The molecule has 1 heterocycles. The van der Waals surface area contributed by atoms with E-state index in [-0.39, 0.29) is 28.1 Å². The van der Waals surface area contributed by atoms with Crippen LogP contribution in [0.4, 0.5) is 5.69 Å². The van der Waals surface area contributed by atoms with Gasteiger partial charge in [-0.3, -0.25) is 14.5 Å². The monoisotopic (exact) mass is 407 g/mol. The number of pyridine rings is 1. The van der Waals surface area contributed by atoms with Crippen molar-refractivity contribution < 1.29 is 22.7 Å². The molecule has 0 saturated carbocycles. The van der Waals surface area contributed by atoms with E-state index in [9.17, 15) is 13.2 Å². The Kier molecular flexibility index (Phi) is 7.36. The van der Waals surface area contributed by atoms with Gasteiger partial charge in [0.25, 0.3) is 15.9 Å². The molecule has 9 heteroatoms. The topological polar surface area (TPSA) is 97.8 Å². The average Bonchev–Trinajstić information content (AvgIpc) is 2.67. The van der Waals surface area contributed by atoms with Crippen LogP contribution in [0.15, 0.2) is 47.6 Å². The SMILES string of the molecule is COCCN(C(=O)c1ccccc1S(=O)(=O)Nc1cncc(OC)c1)C(C)C. The lowest BCUT2D eigenvalue weighted by atomic mass is 10.1. The van der Waals surface area contributed by atoms with Crippen LogP contribution < -0.4 is 9.46 Å². The number of nitrogens with zero attached hydrogens (tertiary/aromatic N) is 2. The number of ether oxygens (including phenoxy) is 2. The first kappa shape index (κ1) is 21.6. The van der Waals surface area contributed by atoms with Crippen LogP contribution in [0.25, 0.3) is 0 Å². The van der Waals surface area contributed by atoms with E-state index >= 15 is 0 Å². The maximum atomic E-state index is 13.1. The minimum Gasteiger partial charge on any atom is -0.495 e. The Hall–Kier alpha value is -2.65. The summed E-state index contributed by atoms with van der Waals surface area (Å²) in [6.07, 6.45) is 2.83. The lowest BCUT2D eigenvalue weighted by Gasteiger charge is -2.27. The van der Waals surface area contributed by atoms with Gasteiger partial charge in [-0.25, -0.2) is 8.42 Å². The summed E-state index contributed by atoms with van der Waals surface area (Å²) in [5.74, 6) is 0.0342. The molecule has 0 bridgehead atoms. The molecule has 0 spiro atoms. The van der Waals surface area contributed by atoms with Crippen LogP contribution in [-0.2, 0) is 14.8 Å². The molecule has 0 aliphatic heterocycles. The van der Waals surface area contributed by atoms with Gasteiger partial charge in [-0.05, 0) is 26.0 Å². The Morgan fingerprint density at radius 2 is 1.93 bits per heavy atom. The number of anilines is 1. The third kappa shape index (κ3) is 5.20. The molecule has 0 atom stereocenters. The number of amides is 1. The smallest absolute Gasteiger partial charge is 0.262 e. The molecule has 1 aromatic heterocycles. The maximum absolute atomic E-state index is 13.1. The number of hydrogen-bond acceptors (Lipinski definition) is 6. The van der Waals surface area contributed by atoms with Gasteiger partial charge in [-0.2, -0.15) is 0 Å². The highest BCUT2D eigenvalue weighted by atomic mass is 32.2. The maximum Gasteiger partial charge on any atom is 0.262 e. The molecule has 1 amide bonds. The van der Waals surface area contributed by atoms with Gasteiger partial charge in [0.05, 0.1) is 37.4 Å². The van der Waals surface area contributed by atoms with Gasteiger partial charge in [0, 0.05) is 25.8 Å². The summed E-state index contributed by atoms with van der Waals surface area (Å²) in [5.41, 5.74) is 0.331. The van der Waals surface area contributed by atoms with E-state index in [2.05, 4.69) is 9.71 Å². The molecule has 0 unspecified atom stereocenters. The van der Waals surface area contributed by atoms with Crippen LogP contribution in [0, 0.1) is 0 Å². The Morgan fingerprint density at radius 3 is 2.57 bits per heavy atom. The lowest BCUT2D eigenvalue weighted by molar-refractivity contribution is 0.0631. The molecule has 152 valence electrons. The first-order chi connectivity index (χ1) is 13.3. The quantitative estimate of drug-likeness (QED) is 0.685. The molecule has 1 aromatic carbocycles. The van der Waals surface area contributed by atoms with E-state index in [0.29, 0.717) is 18.9 Å². The normalized spacial score (nSPS) is 11.3. The Balaban J connectivity index is 2.39. The van der Waals surface area contributed by atoms with Crippen molar-refractivity contribution in [3.8, 4) is 5.75 Å². The molecule has 0 aliphatic rings. The molecule has 2 rings (SSSR count). The van der Waals surface area contributed by atoms with Crippen molar-refractivity contribution in [2.75, 3.05) is 32.1 Å². The summed E-state index contributed by atoms with van der Waals surface area (Å²) in [5, 5.41) is 0. The second-order valence-electron chi connectivity index (χ2n) is 6.30. The van der Waals surface area contributed by atoms with Crippen molar-refractivity contribution in [2.24, 2.45) is 0 Å². The van der Waals surface area contributed by atoms with E-state index in [1.807, 2.05) is 13.8 Å². The molecule has 0 aliphatic carbocycles. The predicted molar refractivity (Wildman–Crippen MR) is 106 cm³/mol. The third-order valence-electron chi connectivity index (χ3n) is 4.03. The zero-order chi connectivity index (χ0) is 20.7. The number of aromatic nitrogens is 1. The molecule has 2 aromatic rings. The second kappa shape index (κ2) is 9.52. The number of sulfonamides is 1. The highest BCUT2D eigenvalue weighted by Crippen LogP contribution is 2.23. The number of rotatable bonds is 9. The Labute approximate surface area is 165 Å². The van der Waals surface area contributed by atoms with E-state index in [1.165, 1.54) is 37.7 Å². The third-order valence-corrected chi connectivity index (χ3v) is 5.47. The summed E-state index contributed by atoms with van der Waals surface area (Å²) in [4.78, 5) is 18.5. The highest BCUT2D eigenvalue weighted by Gasteiger charge is 2.26. The number of carbonyl (C=O) groups excluding carboxylic acids is 1. The number of nitrogens with one attached hydrogen (secondary N) is 1. The lowest BCUT2D eigenvalue weighted by Crippen LogP contribution is -2.40.